The lowest BCUT2D eigenvalue weighted by Gasteiger charge is -2.40. The summed E-state index contributed by atoms with van der Waals surface area (Å²) in [6, 6.07) is 4.35. The topological polar surface area (TPSA) is 43.8 Å². The molecule has 2 atom stereocenters. The number of hydrogen-bond acceptors (Lipinski definition) is 5. The molecule has 0 aliphatic carbocycles. The molecule has 1 unspecified atom stereocenters. The van der Waals surface area contributed by atoms with Crippen LogP contribution in [0.3, 0.4) is 0 Å². The van der Waals surface area contributed by atoms with Crippen LogP contribution < -0.4 is 9.47 Å². The highest BCUT2D eigenvalue weighted by Crippen LogP contribution is 2.37. The van der Waals surface area contributed by atoms with E-state index in [0.29, 0.717) is 25.0 Å². The monoisotopic (exact) mass is 426 g/mol. The number of nitrogens with zero attached hydrogens (tertiary/aromatic N) is 2. The molecule has 0 N–H and O–H groups in total. The summed E-state index contributed by atoms with van der Waals surface area (Å²) in [5.41, 5.74) is 1.06. The predicted molar refractivity (Wildman–Crippen MR) is 121 cm³/mol. The molecule has 2 aliphatic rings. The fourth-order valence-corrected chi connectivity index (χ4v) is 4.58. The van der Waals surface area contributed by atoms with Crippen molar-refractivity contribution in [1.29, 1.82) is 0 Å². The van der Waals surface area contributed by atoms with Gasteiger partial charge in [0.05, 0.1) is 5.69 Å². The first kappa shape index (κ1) is 23.5. The van der Waals surface area contributed by atoms with Crippen LogP contribution in [-0.2, 0) is 4.43 Å². The minimum atomic E-state index is -1.68. The highest BCUT2D eigenvalue weighted by atomic mass is 32.1. The molecule has 3 heterocycles. The number of fused-ring (bicyclic) bond motifs is 1. The minimum absolute atomic E-state index is 0. The van der Waals surface area contributed by atoms with Gasteiger partial charge >= 0.3 is 0 Å². The van der Waals surface area contributed by atoms with Crippen molar-refractivity contribution in [2.45, 2.75) is 64.7 Å². The molecule has 0 saturated carbocycles. The van der Waals surface area contributed by atoms with Crippen molar-refractivity contribution in [2.24, 2.45) is 5.92 Å². The van der Waals surface area contributed by atoms with Crippen LogP contribution in [0.4, 0.5) is 0 Å². The Morgan fingerprint density at radius 1 is 1.25 bits per heavy atom. The molecule has 3 rings (SSSR count). The summed E-state index contributed by atoms with van der Waals surface area (Å²) in [6.07, 6.45) is 2.48. The quantitative estimate of drug-likeness (QED) is 0.635. The summed E-state index contributed by atoms with van der Waals surface area (Å²) in [5.74, 6) is 2.00. The maximum absolute atomic E-state index is 6.50. The predicted octanol–water partition coefficient (Wildman–Crippen LogP) is 4.76. The summed E-state index contributed by atoms with van der Waals surface area (Å²) in [5, 5.41) is 0.268. The van der Waals surface area contributed by atoms with Crippen LogP contribution >= 0.6 is 13.5 Å². The van der Waals surface area contributed by atoms with Gasteiger partial charge in [-0.25, -0.2) is 4.98 Å². The van der Waals surface area contributed by atoms with E-state index in [4.69, 9.17) is 18.9 Å². The molecule has 1 fully saturated rings. The third-order valence-corrected chi connectivity index (χ3v) is 10.9. The number of hydrogen-bond donors (Lipinski definition) is 0. The summed E-state index contributed by atoms with van der Waals surface area (Å²) in [6.45, 7) is 18.1. The van der Waals surface area contributed by atoms with E-state index in [2.05, 4.69) is 51.8 Å². The van der Waals surface area contributed by atoms with Crippen LogP contribution in [0.15, 0.2) is 12.1 Å². The van der Waals surface area contributed by atoms with E-state index in [1.807, 2.05) is 6.07 Å². The second-order valence-corrected chi connectivity index (χ2v) is 14.3. The van der Waals surface area contributed by atoms with Crippen molar-refractivity contribution in [2.75, 3.05) is 32.9 Å². The van der Waals surface area contributed by atoms with Crippen LogP contribution in [0, 0.1) is 5.92 Å². The van der Waals surface area contributed by atoms with Gasteiger partial charge in [0.1, 0.15) is 13.2 Å². The number of likely N-dealkylation sites (tertiary alicyclic amines) is 1. The maximum atomic E-state index is 6.50. The minimum Gasteiger partial charge on any atom is -0.484 e. The lowest BCUT2D eigenvalue weighted by Crippen LogP contribution is -2.44. The number of piperidine rings is 1. The Morgan fingerprint density at radius 3 is 2.68 bits per heavy atom. The molecule has 5 nitrogen and oxygen atoms in total. The highest BCUT2D eigenvalue weighted by Gasteiger charge is 2.38. The van der Waals surface area contributed by atoms with Gasteiger partial charge in [0.2, 0.25) is 0 Å². The van der Waals surface area contributed by atoms with E-state index in [-0.39, 0.29) is 24.6 Å². The first-order chi connectivity index (χ1) is 12.7. The molecule has 160 valence electrons. The Morgan fingerprint density at radius 2 is 1.96 bits per heavy atom. The van der Waals surface area contributed by atoms with E-state index in [0.717, 1.165) is 31.1 Å². The molecule has 7 heteroatoms. The van der Waals surface area contributed by atoms with Gasteiger partial charge < -0.3 is 13.9 Å². The van der Waals surface area contributed by atoms with Gasteiger partial charge in [0.15, 0.2) is 14.1 Å². The summed E-state index contributed by atoms with van der Waals surface area (Å²) in [7, 11) is -1.68. The standard InChI is InChI=1S/C21H36N2O3Si.H2S/c1-16(18-9-10-19-20(22-18)25-13-12-24-19)23-11-7-8-17(14-23)15-26-27(5,6)21(2,3)4;/h9-10,16-17H,7-8,11-15H2,1-6H3;1H2/t16?,17-;/m0./s1. The zero-order valence-corrected chi connectivity index (χ0v) is 20.4. The zero-order valence-electron chi connectivity index (χ0n) is 18.4. The van der Waals surface area contributed by atoms with Crippen molar-refractivity contribution >= 4 is 21.8 Å². The Labute approximate surface area is 178 Å². The van der Waals surface area contributed by atoms with Crippen LogP contribution in [-0.4, -0.2) is 51.1 Å². The molecule has 1 aromatic heterocycles. The smallest absolute Gasteiger partial charge is 0.257 e. The van der Waals surface area contributed by atoms with Crippen molar-refractivity contribution < 1.29 is 13.9 Å². The van der Waals surface area contributed by atoms with Crippen molar-refractivity contribution in [3.63, 3.8) is 0 Å². The summed E-state index contributed by atoms with van der Waals surface area (Å²) in [4.78, 5) is 7.26. The van der Waals surface area contributed by atoms with Gasteiger partial charge in [-0.3, -0.25) is 4.90 Å². The van der Waals surface area contributed by atoms with Crippen LogP contribution in [0.5, 0.6) is 11.6 Å². The van der Waals surface area contributed by atoms with Gasteiger partial charge in [-0.05, 0) is 62.5 Å². The summed E-state index contributed by atoms with van der Waals surface area (Å²) >= 11 is 0. The number of pyridine rings is 1. The van der Waals surface area contributed by atoms with Gasteiger partial charge in [0, 0.05) is 19.2 Å². The SMILES string of the molecule is CC(c1ccc2c(n1)OCCO2)N1CCC[C@H](CO[Si](C)(C)C(C)(C)C)C1.S. The van der Waals surface area contributed by atoms with Gasteiger partial charge in [0.25, 0.3) is 5.88 Å². The zero-order chi connectivity index (χ0) is 19.7. The molecule has 28 heavy (non-hydrogen) atoms. The number of ether oxygens (including phenoxy) is 2. The molecular formula is C21H38N2O3SSi. The number of rotatable bonds is 5. The van der Waals surface area contributed by atoms with Gasteiger partial charge in [-0.1, -0.05) is 20.8 Å². The Balaban J connectivity index is 0.00000280. The Kier molecular flexibility index (Phi) is 7.87. The molecule has 0 bridgehead atoms. The molecule has 0 aromatic carbocycles. The van der Waals surface area contributed by atoms with E-state index in [9.17, 15) is 0 Å². The lowest BCUT2D eigenvalue weighted by molar-refractivity contribution is 0.0940. The second kappa shape index (κ2) is 9.37. The van der Waals surface area contributed by atoms with Crippen molar-refractivity contribution in [1.82, 2.24) is 9.88 Å². The van der Waals surface area contributed by atoms with Gasteiger partial charge in [-0.2, -0.15) is 13.5 Å². The average Bonchev–Trinajstić information content (AvgIpc) is 2.65. The normalized spacial score (nSPS) is 21.7. The molecule has 2 aliphatic heterocycles. The largest absolute Gasteiger partial charge is 0.484 e. The second-order valence-electron chi connectivity index (χ2n) is 9.49. The molecular weight excluding hydrogens is 388 g/mol. The lowest BCUT2D eigenvalue weighted by atomic mass is 9.97. The van der Waals surface area contributed by atoms with Crippen molar-refractivity contribution in [3.8, 4) is 11.6 Å². The molecule has 0 spiro atoms. The van der Waals surface area contributed by atoms with E-state index < -0.39 is 8.32 Å². The fraction of sp³-hybridized carbons (Fsp3) is 0.762. The number of aromatic nitrogens is 1. The third-order valence-electron chi connectivity index (χ3n) is 6.44. The molecule has 1 saturated heterocycles. The van der Waals surface area contributed by atoms with Crippen molar-refractivity contribution in [3.05, 3.63) is 17.8 Å². The Hall–Kier alpha value is -0.763. The molecule has 0 radical (unpaired) electrons. The third kappa shape index (κ3) is 5.43. The first-order valence-electron chi connectivity index (χ1n) is 10.3. The summed E-state index contributed by atoms with van der Waals surface area (Å²) < 4.78 is 17.8. The van der Waals surface area contributed by atoms with E-state index in [1.165, 1.54) is 12.8 Å². The van der Waals surface area contributed by atoms with Crippen LogP contribution in [0.1, 0.15) is 52.3 Å². The molecule has 1 aromatic rings. The van der Waals surface area contributed by atoms with Gasteiger partial charge in [-0.15, -0.1) is 0 Å². The fourth-order valence-electron chi connectivity index (χ4n) is 3.49. The van der Waals surface area contributed by atoms with E-state index >= 15 is 0 Å². The Bertz CT molecular complexity index is 651. The average molecular weight is 427 g/mol. The van der Waals surface area contributed by atoms with E-state index in [1.54, 1.807) is 0 Å². The molecule has 0 amide bonds. The van der Waals surface area contributed by atoms with Crippen LogP contribution in [0.2, 0.25) is 18.1 Å². The first-order valence-corrected chi connectivity index (χ1v) is 13.2. The highest BCUT2D eigenvalue weighted by molar-refractivity contribution is 7.59. The maximum Gasteiger partial charge on any atom is 0.257 e. The van der Waals surface area contributed by atoms with Crippen LogP contribution in [0.25, 0.3) is 0 Å².